The third-order valence-corrected chi connectivity index (χ3v) is 6.58. The van der Waals surface area contributed by atoms with E-state index < -0.39 is 23.6 Å². The Morgan fingerprint density at radius 2 is 1.71 bits per heavy atom. The maximum atomic E-state index is 12.8. The number of carboxylic acid groups (broad SMARTS) is 1. The minimum absolute atomic E-state index is 0.0113. The molecule has 1 aliphatic carbocycles. The van der Waals surface area contributed by atoms with Crippen LogP contribution in [0, 0.1) is 5.41 Å². The average molecular weight is 481 g/mol. The van der Waals surface area contributed by atoms with Crippen molar-refractivity contribution in [3.05, 3.63) is 59.7 Å². The van der Waals surface area contributed by atoms with Gasteiger partial charge in [0.2, 0.25) is 5.91 Å². The first-order valence-corrected chi connectivity index (χ1v) is 11.9. The molecular weight excluding hydrogens is 448 g/mol. The number of hydrogen-bond donors (Lipinski definition) is 2. The molecule has 0 spiro atoms. The summed E-state index contributed by atoms with van der Waals surface area (Å²) in [4.78, 5) is 37.9. The number of carbonyl (C=O) groups excluding carboxylic acids is 2. The van der Waals surface area contributed by atoms with E-state index in [9.17, 15) is 14.4 Å². The maximum Gasteiger partial charge on any atom is 0.407 e. The fourth-order valence-electron chi connectivity index (χ4n) is 4.81. The second-order valence-electron chi connectivity index (χ2n) is 9.95. The van der Waals surface area contributed by atoms with Crippen molar-refractivity contribution in [3.8, 4) is 11.1 Å². The van der Waals surface area contributed by atoms with E-state index in [-0.39, 0.29) is 44.4 Å². The topological polar surface area (TPSA) is 105 Å². The predicted molar refractivity (Wildman–Crippen MR) is 130 cm³/mol. The van der Waals surface area contributed by atoms with E-state index in [4.69, 9.17) is 14.6 Å². The monoisotopic (exact) mass is 480 g/mol. The normalized spacial score (nSPS) is 17.4. The van der Waals surface area contributed by atoms with Crippen LogP contribution in [0.1, 0.15) is 43.7 Å². The lowest BCUT2D eigenvalue weighted by Crippen LogP contribution is -2.48. The van der Waals surface area contributed by atoms with Crippen molar-refractivity contribution in [1.82, 2.24) is 10.2 Å². The Labute approximate surface area is 205 Å². The number of nitrogens with zero attached hydrogens (tertiary/aromatic N) is 1. The van der Waals surface area contributed by atoms with Gasteiger partial charge in [-0.05, 0) is 27.7 Å². The van der Waals surface area contributed by atoms with E-state index in [1.54, 1.807) is 4.90 Å². The second kappa shape index (κ2) is 10.5. The highest BCUT2D eigenvalue weighted by Gasteiger charge is 2.31. The van der Waals surface area contributed by atoms with Gasteiger partial charge in [-0.1, -0.05) is 62.4 Å². The highest BCUT2D eigenvalue weighted by molar-refractivity contribution is 5.79. The number of hydrogen-bond acceptors (Lipinski definition) is 5. The summed E-state index contributed by atoms with van der Waals surface area (Å²) in [6, 6.07) is 16.3. The number of ether oxygens (including phenoxy) is 2. The van der Waals surface area contributed by atoms with Gasteiger partial charge in [-0.25, -0.2) is 4.79 Å². The zero-order valence-electron chi connectivity index (χ0n) is 20.2. The SMILES string of the molecule is CC(C)(CNC(=O)OCC1c2ccccc2-c2ccccc21)CC(=O)N1CCOC(CC(=O)O)C1. The minimum atomic E-state index is -0.947. The Hall–Kier alpha value is -3.39. The molecular formula is C27H32N2O6. The predicted octanol–water partition coefficient (Wildman–Crippen LogP) is 3.64. The van der Waals surface area contributed by atoms with E-state index in [0.717, 1.165) is 11.1 Å². The summed E-state index contributed by atoms with van der Waals surface area (Å²) < 4.78 is 11.0. The molecule has 1 aliphatic heterocycles. The fraction of sp³-hybridized carbons (Fsp3) is 0.444. The van der Waals surface area contributed by atoms with Crippen molar-refractivity contribution in [1.29, 1.82) is 0 Å². The fourth-order valence-corrected chi connectivity index (χ4v) is 4.81. The molecule has 4 rings (SSSR count). The molecule has 2 aromatic rings. The van der Waals surface area contributed by atoms with Crippen molar-refractivity contribution in [2.45, 2.75) is 38.7 Å². The minimum Gasteiger partial charge on any atom is -0.481 e. The molecule has 1 saturated heterocycles. The Kier molecular flexibility index (Phi) is 7.40. The molecule has 0 bridgehead atoms. The van der Waals surface area contributed by atoms with Crippen LogP contribution in [0.3, 0.4) is 0 Å². The third kappa shape index (κ3) is 6.00. The summed E-state index contributed by atoms with van der Waals surface area (Å²) in [5.74, 6) is -1.04. The quantitative estimate of drug-likeness (QED) is 0.598. The van der Waals surface area contributed by atoms with Gasteiger partial charge in [0.05, 0.1) is 19.1 Å². The molecule has 1 fully saturated rings. The molecule has 2 aliphatic rings. The van der Waals surface area contributed by atoms with Crippen LogP contribution in [0.2, 0.25) is 0 Å². The van der Waals surface area contributed by atoms with E-state index in [1.807, 2.05) is 38.1 Å². The van der Waals surface area contributed by atoms with Crippen LogP contribution in [0.4, 0.5) is 4.79 Å². The summed E-state index contributed by atoms with van der Waals surface area (Å²) in [5, 5.41) is 11.8. The van der Waals surface area contributed by atoms with Crippen molar-refractivity contribution < 1.29 is 29.0 Å². The number of amides is 2. The van der Waals surface area contributed by atoms with Gasteiger partial charge in [0.1, 0.15) is 6.61 Å². The summed E-state index contributed by atoms with van der Waals surface area (Å²) in [6.07, 6.45) is -0.917. The number of alkyl carbamates (subject to hydrolysis) is 1. The summed E-state index contributed by atoms with van der Waals surface area (Å²) in [7, 11) is 0. The lowest BCUT2D eigenvalue weighted by molar-refractivity contribution is -0.148. The van der Waals surface area contributed by atoms with Crippen LogP contribution >= 0.6 is 0 Å². The lowest BCUT2D eigenvalue weighted by Gasteiger charge is -2.34. The standard InChI is InChI=1S/C27H32N2O6/c1-27(2,14-24(30)29-11-12-34-18(15-29)13-25(31)32)17-28-26(33)35-16-23-21-9-5-3-7-19(21)20-8-4-6-10-22(20)23/h3-10,18,23H,11-17H2,1-2H3,(H,28,33)(H,31,32). The van der Waals surface area contributed by atoms with Crippen molar-refractivity contribution in [2.24, 2.45) is 5.41 Å². The largest absolute Gasteiger partial charge is 0.481 e. The van der Waals surface area contributed by atoms with E-state index in [2.05, 4.69) is 29.6 Å². The Bertz CT molecular complexity index is 1050. The van der Waals surface area contributed by atoms with Gasteiger partial charge in [0.25, 0.3) is 0 Å². The van der Waals surface area contributed by atoms with Crippen molar-refractivity contribution in [3.63, 3.8) is 0 Å². The van der Waals surface area contributed by atoms with Gasteiger partial charge < -0.3 is 24.8 Å². The van der Waals surface area contributed by atoms with Crippen LogP contribution < -0.4 is 5.32 Å². The first-order chi connectivity index (χ1) is 16.7. The zero-order valence-corrected chi connectivity index (χ0v) is 20.2. The molecule has 2 amide bonds. The van der Waals surface area contributed by atoms with Gasteiger partial charge >= 0.3 is 12.1 Å². The lowest BCUT2D eigenvalue weighted by atomic mass is 9.88. The van der Waals surface area contributed by atoms with Crippen LogP contribution in [0.5, 0.6) is 0 Å². The van der Waals surface area contributed by atoms with Crippen LogP contribution in [-0.4, -0.2) is 66.9 Å². The summed E-state index contributed by atoms with van der Waals surface area (Å²) in [5.41, 5.74) is 4.15. The Balaban J connectivity index is 1.27. The molecule has 8 heteroatoms. The van der Waals surface area contributed by atoms with E-state index in [0.29, 0.717) is 13.2 Å². The van der Waals surface area contributed by atoms with Gasteiger partial charge in [-0.15, -0.1) is 0 Å². The molecule has 35 heavy (non-hydrogen) atoms. The number of rotatable bonds is 8. The maximum absolute atomic E-state index is 12.8. The third-order valence-electron chi connectivity index (χ3n) is 6.58. The van der Waals surface area contributed by atoms with Gasteiger partial charge in [-0.3, -0.25) is 9.59 Å². The smallest absolute Gasteiger partial charge is 0.407 e. The van der Waals surface area contributed by atoms with Gasteiger partial charge in [0.15, 0.2) is 0 Å². The van der Waals surface area contributed by atoms with Crippen molar-refractivity contribution >= 4 is 18.0 Å². The van der Waals surface area contributed by atoms with Crippen LogP contribution in [-0.2, 0) is 19.1 Å². The number of nitrogens with one attached hydrogen (secondary N) is 1. The van der Waals surface area contributed by atoms with Gasteiger partial charge in [0, 0.05) is 32.0 Å². The Morgan fingerprint density at radius 3 is 2.34 bits per heavy atom. The van der Waals surface area contributed by atoms with Crippen LogP contribution in [0.15, 0.2) is 48.5 Å². The highest BCUT2D eigenvalue weighted by atomic mass is 16.5. The molecule has 0 saturated carbocycles. The van der Waals surface area contributed by atoms with Crippen molar-refractivity contribution in [2.75, 3.05) is 32.8 Å². The first kappa shape index (κ1) is 24.7. The molecule has 1 atom stereocenters. The van der Waals surface area contributed by atoms with Gasteiger partial charge in [-0.2, -0.15) is 0 Å². The average Bonchev–Trinajstić information content (AvgIpc) is 3.15. The molecule has 186 valence electrons. The van der Waals surface area contributed by atoms with Crippen LogP contribution in [0.25, 0.3) is 11.1 Å². The Morgan fingerprint density at radius 1 is 1.09 bits per heavy atom. The number of carboxylic acids is 1. The molecule has 1 unspecified atom stereocenters. The van der Waals surface area contributed by atoms with E-state index in [1.165, 1.54) is 11.1 Å². The number of carbonyl (C=O) groups is 3. The summed E-state index contributed by atoms with van der Waals surface area (Å²) in [6.45, 7) is 5.35. The highest BCUT2D eigenvalue weighted by Crippen LogP contribution is 2.44. The number of morpholine rings is 1. The second-order valence-corrected chi connectivity index (χ2v) is 9.95. The number of fused-ring (bicyclic) bond motifs is 3. The molecule has 1 heterocycles. The molecule has 2 aromatic carbocycles. The molecule has 0 aromatic heterocycles. The zero-order chi connectivity index (χ0) is 25.0. The van der Waals surface area contributed by atoms with E-state index >= 15 is 0 Å². The molecule has 8 nitrogen and oxygen atoms in total. The molecule has 0 radical (unpaired) electrons. The summed E-state index contributed by atoms with van der Waals surface area (Å²) >= 11 is 0. The first-order valence-electron chi connectivity index (χ1n) is 11.9. The molecule has 2 N–H and O–H groups in total. The number of benzene rings is 2. The number of aliphatic carboxylic acids is 1.